The number of ether oxygens (including phenoxy) is 2. The lowest BCUT2D eigenvalue weighted by Crippen LogP contribution is -2.03. The minimum Gasteiger partial charge on any atom is -0.491 e. The van der Waals surface area contributed by atoms with E-state index in [1.54, 1.807) is 6.07 Å². The third-order valence-corrected chi connectivity index (χ3v) is 2.06. The van der Waals surface area contributed by atoms with Crippen molar-refractivity contribution in [2.45, 2.75) is 6.92 Å². The molecule has 0 heterocycles. The molecule has 5 heteroatoms. The third-order valence-electron chi connectivity index (χ3n) is 1.47. The molecule has 14 heavy (non-hydrogen) atoms. The highest BCUT2D eigenvalue weighted by Gasteiger charge is 2.15. The van der Waals surface area contributed by atoms with Gasteiger partial charge < -0.3 is 9.47 Å². The van der Waals surface area contributed by atoms with E-state index in [1.807, 2.05) is 0 Å². The fraction of sp³-hybridized carbons (Fsp3) is 0.222. The molecule has 0 spiro atoms. The molecule has 0 bridgehead atoms. The summed E-state index contributed by atoms with van der Waals surface area (Å²) in [5.41, 5.74) is 0. The fourth-order valence-electron chi connectivity index (χ4n) is 0.944. The van der Waals surface area contributed by atoms with Crippen LogP contribution >= 0.6 is 23.2 Å². The van der Waals surface area contributed by atoms with Crippen LogP contribution < -0.4 is 9.47 Å². The van der Waals surface area contributed by atoms with E-state index in [0.717, 1.165) is 0 Å². The van der Waals surface area contributed by atoms with Crippen molar-refractivity contribution in [3.63, 3.8) is 0 Å². The predicted octanol–water partition coefficient (Wildman–Crippen LogP) is 2.93. The molecule has 3 nitrogen and oxygen atoms in total. The maximum atomic E-state index is 10.8. The number of rotatable bonds is 2. The van der Waals surface area contributed by atoms with Crippen molar-refractivity contribution in [3.8, 4) is 11.5 Å². The maximum absolute atomic E-state index is 10.8. The summed E-state index contributed by atoms with van der Waals surface area (Å²) in [5, 5.41) is 0.620. The molecule has 1 aromatic rings. The number of esters is 1. The van der Waals surface area contributed by atoms with Gasteiger partial charge in [-0.15, -0.1) is 0 Å². The standard InChI is InChI=1S/C9H8Cl2O3/c1-5(12)14-9-7(11)4-3-6(10)8(9)13-2/h3-4H,1-2H3. The minimum absolute atomic E-state index is 0.147. The van der Waals surface area contributed by atoms with Gasteiger partial charge in [-0.3, -0.25) is 4.79 Å². The zero-order valence-corrected chi connectivity index (χ0v) is 9.15. The summed E-state index contributed by atoms with van der Waals surface area (Å²) in [6.45, 7) is 1.27. The molecule has 0 atom stereocenters. The lowest BCUT2D eigenvalue weighted by atomic mass is 10.3. The van der Waals surface area contributed by atoms with Crippen LogP contribution in [0, 0.1) is 0 Å². The minimum atomic E-state index is -0.479. The van der Waals surface area contributed by atoms with Crippen LogP contribution in [0.25, 0.3) is 0 Å². The predicted molar refractivity (Wildman–Crippen MR) is 54.3 cm³/mol. The van der Waals surface area contributed by atoms with Gasteiger partial charge in [0.25, 0.3) is 0 Å². The van der Waals surface area contributed by atoms with Crippen LogP contribution in [-0.2, 0) is 4.79 Å². The van der Waals surface area contributed by atoms with E-state index < -0.39 is 5.97 Å². The Bertz CT molecular complexity index is 363. The van der Waals surface area contributed by atoms with Gasteiger partial charge in [0.2, 0.25) is 0 Å². The maximum Gasteiger partial charge on any atom is 0.308 e. The number of halogens is 2. The number of hydrogen-bond donors (Lipinski definition) is 0. The van der Waals surface area contributed by atoms with Crippen molar-refractivity contribution >= 4 is 29.2 Å². The summed E-state index contributed by atoms with van der Waals surface area (Å²) in [6, 6.07) is 3.10. The Labute approximate surface area is 91.5 Å². The van der Waals surface area contributed by atoms with Gasteiger partial charge in [0, 0.05) is 6.92 Å². The van der Waals surface area contributed by atoms with E-state index >= 15 is 0 Å². The first-order valence-electron chi connectivity index (χ1n) is 3.76. The van der Waals surface area contributed by atoms with Gasteiger partial charge in [-0.05, 0) is 12.1 Å². The molecule has 76 valence electrons. The molecule has 0 aromatic heterocycles. The van der Waals surface area contributed by atoms with Crippen LogP contribution in [0.15, 0.2) is 12.1 Å². The van der Waals surface area contributed by atoms with Crippen LogP contribution in [-0.4, -0.2) is 13.1 Å². The van der Waals surface area contributed by atoms with Crippen LogP contribution in [0.5, 0.6) is 11.5 Å². The van der Waals surface area contributed by atoms with Crippen molar-refractivity contribution in [2.75, 3.05) is 7.11 Å². The van der Waals surface area contributed by atoms with Gasteiger partial charge >= 0.3 is 5.97 Å². The first-order valence-corrected chi connectivity index (χ1v) is 4.52. The normalized spacial score (nSPS) is 9.71. The molecule has 0 radical (unpaired) electrons. The van der Waals surface area contributed by atoms with Crippen molar-refractivity contribution in [1.29, 1.82) is 0 Å². The third kappa shape index (κ3) is 2.30. The molecule has 0 N–H and O–H groups in total. The van der Waals surface area contributed by atoms with E-state index in [4.69, 9.17) is 32.7 Å². The smallest absolute Gasteiger partial charge is 0.308 e. The summed E-state index contributed by atoms with van der Waals surface area (Å²) in [4.78, 5) is 10.8. The average molecular weight is 235 g/mol. The molecule has 0 saturated carbocycles. The Morgan fingerprint density at radius 1 is 1.21 bits per heavy atom. The summed E-state index contributed by atoms with van der Waals surface area (Å²) in [5.74, 6) is -0.0731. The van der Waals surface area contributed by atoms with Gasteiger partial charge in [-0.2, -0.15) is 0 Å². The molecule has 0 saturated heterocycles. The number of benzene rings is 1. The lowest BCUT2D eigenvalue weighted by molar-refractivity contribution is -0.132. The second-order valence-corrected chi connectivity index (χ2v) is 3.30. The fourth-order valence-corrected chi connectivity index (χ4v) is 1.36. The Morgan fingerprint density at radius 3 is 2.14 bits per heavy atom. The van der Waals surface area contributed by atoms with E-state index in [1.165, 1.54) is 20.1 Å². The molecule has 0 aliphatic heterocycles. The quantitative estimate of drug-likeness (QED) is 0.584. The SMILES string of the molecule is COc1c(Cl)ccc(Cl)c1OC(C)=O. The average Bonchev–Trinajstić information content (AvgIpc) is 2.11. The van der Waals surface area contributed by atoms with Crippen molar-refractivity contribution in [2.24, 2.45) is 0 Å². The molecule has 0 fully saturated rings. The Hall–Kier alpha value is -0.930. The number of methoxy groups -OCH3 is 1. The number of hydrogen-bond acceptors (Lipinski definition) is 3. The topological polar surface area (TPSA) is 35.5 Å². The van der Waals surface area contributed by atoms with E-state index in [0.29, 0.717) is 5.02 Å². The largest absolute Gasteiger partial charge is 0.491 e. The Balaban J connectivity index is 3.22. The molecular formula is C9H8Cl2O3. The molecule has 0 aliphatic carbocycles. The highest BCUT2D eigenvalue weighted by molar-refractivity contribution is 6.35. The summed E-state index contributed by atoms with van der Waals surface area (Å²) in [6.07, 6.45) is 0. The zero-order chi connectivity index (χ0) is 10.7. The van der Waals surface area contributed by atoms with Crippen molar-refractivity contribution in [3.05, 3.63) is 22.2 Å². The second-order valence-electron chi connectivity index (χ2n) is 2.49. The first-order chi connectivity index (χ1) is 6.56. The highest BCUT2D eigenvalue weighted by Crippen LogP contribution is 2.40. The van der Waals surface area contributed by atoms with E-state index in [2.05, 4.69) is 0 Å². The molecule has 1 rings (SSSR count). The van der Waals surface area contributed by atoms with Gasteiger partial charge in [-0.25, -0.2) is 0 Å². The number of carbonyl (C=O) groups excluding carboxylic acids is 1. The number of carbonyl (C=O) groups is 1. The van der Waals surface area contributed by atoms with Crippen LogP contribution in [0.3, 0.4) is 0 Å². The molecule has 0 unspecified atom stereocenters. The summed E-state index contributed by atoms with van der Waals surface area (Å²) < 4.78 is 9.83. The van der Waals surface area contributed by atoms with Gasteiger partial charge in [0.05, 0.1) is 17.2 Å². The monoisotopic (exact) mass is 234 g/mol. The summed E-state index contributed by atoms with van der Waals surface area (Å²) >= 11 is 11.6. The van der Waals surface area contributed by atoms with E-state index in [-0.39, 0.29) is 16.5 Å². The van der Waals surface area contributed by atoms with Crippen LogP contribution in [0.1, 0.15) is 6.92 Å². The zero-order valence-electron chi connectivity index (χ0n) is 7.64. The molecule has 1 aromatic carbocycles. The van der Waals surface area contributed by atoms with Gasteiger partial charge in [0.1, 0.15) is 0 Å². The summed E-state index contributed by atoms with van der Waals surface area (Å²) in [7, 11) is 1.42. The van der Waals surface area contributed by atoms with Gasteiger partial charge in [-0.1, -0.05) is 23.2 Å². The first kappa shape index (κ1) is 11.1. The Morgan fingerprint density at radius 2 is 1.71 bits per heavy atom. The second kappa shape index (κ2) is 4.53. The van der Waals surface area contributed by atoms with Crippen molar-refractivity contribution in [1.82, 2.24) is 0 Å². The molecule has 0 amide bonds. The highest BCUT2D eigenvalue weighted by atomic mass is 35.5. The van der Waals surface area contributed by atoms with Crippen LogP contribution in [0.2, 0.25) is 10.0 Å². The molecular weight excluding hydrogens is 227 g/mol. The van der Waals surface area contributed by atoms with E-state index in [9.17, 15) is 4.79 Å². The van der Waals surface area contributed by atoms with Gasteiger partial charge in [0.15, 0.2) is 11.5 Å². The lowest BCUT2D eigenvalue weighted by Gasteiger charge is -2.10. The molecule has 0 aliphatic rings. The Kier molecular flexibility index (Phi) is 3.61. The van der Waals surface area contributed by atoms with Crippen molar-refractivity contribution < 1.29 is 14.3 Å². The van der Waals surface area contributed by atoms with Crippen LogP contribution in [0.4, 0.5) is 0 Å².